The topological polar surface area (TPSA) is 71.3 Å². The molecule has 1 fully saturated rings. The monoisotopic (exact) mass is 356 g/mol. The van der Waals surface area contributed by atoms with Gasteiger partial charge in [-0.25, -0.2) is 0 Å². The molecule has 1 aromatic rings. The quantitative estimate of drug-likeness (QED) is 0.625. The van der Waals surface area contributed by atoms with Gasteiger partial charge in [0.1, 0.15) is 11.9 Å². The van der Waals surface area contributed by atoms with E-state index in [1.807, 2.05) is 0 Å². The molecule has 116 valence electrons. The second-order valence-corrected chi connectivity index (χ2v) is 6.47. The molecule has 1 aromatic heterocycles. The van der Waals surface area contributed by atoms with Gasteiger partial charge in [0.15, 0.2) is 0 Å². The lowest BCUT2D eigenvalue weighted by molar-refractivity contribution is -0.384. The van der Waals surface area contributed by atoms with Crippen molar-refractivity contribution in [3.63, 3.8) is 0 Å². The molecule has 2 rings (SSSR count). The molecular weight excluding hydrogens is 336 g/mol. The zero-order chi connectivity index (χ0) is 15.2. The first-order valence-electron chi connectivity index (χ1n) is 7.32. The minimum atomic E-state index is -0.407. The zero-order valence-electron chi connectivity index (χ0n) is 12.2. The SMILES string of the molecule is CC(CNc1c(Br)cncc1[N+](=O)[O-])CN1CCCCC1. The molecule has 0 saturated carbocycles. The van der Waals surface area contributed by atoms with Crippen molar-refractivity contribution in [3.8, 4) is 0 Å². The summed E-state index contributed by atoms with van der Waals surface area (Å²) in [6.07, 6.45) is 6.75. The molecule has 0 bridgehead atoms. The summed E-state index contributed by atoms with van der Waals surface area (Å²) in [7, 11) is 0. The first-order valence-corrected chi connectivity index (χ1v) is 8.11. The second kappa shape index (κ2) is 7.70. The van der Waals surface area contributed by atoms with E-state index in [1.165, 1.54) is 38.5 Å². The van der Waals surface area contributed by atoms with E-state index in [4.69, 9.17) is 0 Å². The average molecular weight is 357 g/mol. The van der Waals surface area contributed by atoms with Gasteiger partial charge in [0.05, 0.1) is 9.40 Å². The Kier molecular flexibility index (Phi) is 5.93. The van der Waals surface area contributed by atoms with Gasteiger partial charge in [-0.1, -0.05) is 13.3 Å². The van der Waals surface area contributed by atoms with E-state index in [1.54, 1.807) is 6.20 Å². The Hall–Kier alpha value is -1.21. The first-order chi connectivity index (χ1) is 10.1. The minimum absolute atomic E-state index is 0.00884. The van der Waals surface area contributed by atoms with Crippen LogP contribution in [0.15, 0.2) is 16.9 Å². The van der Waals surface area contributed by atoms with Crippen molar-refractivity contribution in [2.45, 2.75) is 26.2 Å². The van der Waals surface area contributed by atoms with Crippen molar-refractivity contribution in [1.29, 1.82) is 0 Å². The minimum Gasteiger partial charge on any atom is -0.378 e. The number of nitrogens with zero attached hydrogens (tertiary/aromatic N) is 3. The summed E-state index contributed by atoms with van der Waals surface area (Å²) >= 11 is 3.32. The zero-order valence-corrected chi connectivity index (χ0v) is 13.8. The fourth-order valence-electron chi connectivity index (χ4n) is 2.66. The van der Waals surface area contributed by atoms with Crippen molar-refractivity contribution >= 4 is 27.3 Å². The van der Waals surface area contributed by atoms with E-state index in [2.05, 4.69) is 38.1 Å². The number of aromatic nitrogens is 1. The summed E-state index contributed by atoms with van der Waals surface area (Å²) in [5.41, 5.74) is 0.523. The van der Waals surface area contributed by atoms with Gasteiger partial charge in [-0.3, -0.25) is 15.1 Å². The van der Waals surface area contributed by atoms with Crippen molar-refractivity contribution in [2.24, 2.45) is 5.92 Å². The predicted octanol–water partition coefficient (Wildman–Crippen LogP) is 3.29. The summed E-state index contributed by atoms with van der Waals surface area (Å²) in [6, 6.07) is 0. The highest BCUT2D eigenvalue weighted by atomic mass is 79.9. The molecule has 21 heavy (non-hydrogen) atoms. The fourth-order valence-corrected chi connectivity index (χ4v) is 3.12. The lowest BCUT2D eigenvalue weighted by Crippen LogP contribution is -2.35. The maximum absolute atomic E-state index is 11.0. The van der Waals surface area contributed by atoms with Crippen molar-refractivity contribution in [1.82, 2.24) is 9.88 Å². The van der Waals surface area contributed by atoms with Crippen molar-refractivity contribution < 1.29 is 4.92 Å². The Bertz CT molecular complexity index is 492. The molecule has 2 heterocycles. The van der Waals surface area contributed by atoms with Gasteiger partial charge in [-0.05, 0) is 47.8 Å². The third-order valence-electron chi connectivity index (χ3n) is 3.72. The van der Waals surface area contributed by atoms with Crippen LogP contribution in [-0.2, 0) is 0 Å². The summed E-state index contributed by atoms with van der Waals surface area (Å²) in [6.45, 7) is 6.25. The molecule has 1 saturated heterocycles. The number of hydrogen-bond donors (Lipinski definition) is 1. The van der Waals surface area contributed by atoms with Gasteiger partial charge in [0.2, 0.25) is 0 Å². The van der Waals surface area contributed by atoms with E-state index in [0.717, 1.165) is 6.54 Å². The normalized spacial score (nSPS) is 17.4. The summed E-state index contributed by atoms with van der Waals surface area (Å²) in [5.74, 6) is 0.433. The van der Waals surface area contributed by atoms with Gasteiger partial charge < -0.3 is 10.2 Å². The fraction of sp³-hybridized carbons (Fsp3) is 0.643. The molecule has 1 aliphatic heterocycles. The number of nitrogens with one attached hydrogen (secondary N) is 1. The number of halogens is 1. The predicted molar refractivity (Wildman–Crippen MR) is 86.5 cm³/mol. The van der Waals surface area contributed by atoms with Crippen LogP contribution in [-0.4, -0.2) is 41.0 Å². The molecular formula is C14H21BrN4O2. The molecule has 0 aromatic carbocycles. The second-order valence-electron chi connectivity index (χ2n) is 5.62. The van der Waals surface area contributed by atoms with Gasteiger partial charge in [0.25, 0.3) is 0 Å². The Morgan fingerprint density at radius 3 is 2.81 bits per heavy atom. The Morgan fingerprint density at radius 2 is 2.14 bits per heavy atom. The van der Waals surface area contributed by atoms with Crippen LogP contribution in [0.2, 0.25) is 0 Å². The molecule has 1 aliphatic rings. The van der Waals surface area contributed by atoms with Gasteiger partial charge >= 0.3 is 5.69 Å². The number of hydrogen-bond acceptors (Lipinski definition) is 5. The van der Waals surface area contributed by atoms with E-state index in [0.29, 0.717) is 22.6 Å². The van der Waals surface area contributed by atoms with Gasteiger partial charge in [0, 0.05) is 19.3 Å². The van der Waals surface area contributed by atoms with Crippen LogP contribution >= 0.6 is 15.9 Å². The molecule has 1 N–H and O–H groups in total. The maximum atomic E-state index is 11.0. The van der Waals surface area contributed by atoms with Crippen molar-refractivity contribution in [2.75, 3.05) is 31.5 Å². The van der Waals surface area contributed by atoms with Crippen LogP contribution in [0.5, 0.6) is 0 Å². The largest absolute Gasteiger partial charge is 0.378 e. The van der Waals surface area contributed by atoms with Crippen LogP contribution in [0.1, 0.15) is 26.2 Å². The van der Waals surface area contributed by atoms with Crippen LogP contribution in [0, 0.1) is 16.0 Å². The maximum Gasteiger partial charge on any atom is 0.311 e. The molecule has 0 amide bonds. The molecule has 6 nitrogen and oxygen atoms in total. The molecule has 1 unspecified atom stereocenters. The average Bonchev–Trinajstić information content (AvgIpc) is 2.46. The van der Waals surface area contributed by atoms with Crippen LogP contribution < -0.4 is 5.32 Å². The van der Waals surface area contributed by atoms with E-state index >= 15 is 0 Å². The Labute approximate surface area is 133 Å². The molecule has 0 radical (unpaired) electrons. The number of anilines is 1. The summed E-state index contributed by atoms with van der Waals surface area (Å²) < 4.78 is 0.627. The first kappa shape index (κ1) is 16.2. The lowest BCUT2D eigenvalue weighted by atomic mass is 10.1. The smallest absolute Gasteiger partial charge is 0.311 e. The highest BCUT2D eigenvalue weighted by Gasteiger charge is 2.19. The van der Waals surface area contributed by atoms with Crippen molar-refractivity contribution in [3.05, 3.63) is 27.0 Å². The van der Waals surface area contributed by atoms with Gasteiger partial charge in [-0.15, -0.1) is 0 Å². The Morgan fingerprint density at radius 1 is 1.43 bits per heavy atom. The number of likely N-dealkylation sites (tertiary alicyclic amines) is 1. The van der Waals surface area contributed by atoms with Crippen LogP contribution in [0.3, 0.4) is 0 Å². The molecule has 0 aliphatic carbocycles. The standard InChI is InChI=1S/C14H21BrN4O2/c1-11(10-18-5-3-2-4-6-18)7-17-14-12(15)8-16-9-13(14)19(20)21/h8-9,11H,2-7,10H2,1H3,(H,16,17). The molecule has 0 spiro atoms. The van der Waals surface area contributed by atoms with E-state index in [-0.39, 0.29) is 5.69 Å². The third-order valence-corrected chi connectivity index (χ3v) is 4.32. The Balaban J connectivity index is 1.91. The number of piperidine rings is 1. The summed E-state index contributed by atoms with van der Waals surface area (Å²) in [5, 5.41) is 14.2. The van der Waals surface area contributed by atoms with Crippen LogP contribution in [0.25, 0.3) is 0 Å². The van der Waals surface area contributed by atoms with Crippen LogP contribution in [0.4, 0.5) is 11.4 Å². The number of nitro groups is 1. The van der Waals surface area contributed by atoms with E-state index < -0.39 is 4.92 Å². The third kappa shape index (κ3) is 4.64. The lowest BCUT2D eigenvalue weighted by Gasteiger charge is -2.29. The van der Waals surface area contributed by atoms with E-state index in [9.17, 15) is 10.1 Å². The number of pyridine rings is 1. The highest BCUT2D eigenvalue weighted by Crippen LogP contribution is 2.31. The molecule has 7 heteroatoms. The van der Waals surface area contributed by atoms with Gasteiger partial charge in [-0.2, -0.15) is 0 Å². The highest BCUT2D eigenvalue weighted by molar-refractivity contribution is 9.10. The summed E-state index contributed by atoms with van der Waals surface area (Å²) in [4.78, 5) is 17.0. The number of rotatable bonds is 6. The molecule has 1 atom stereocenters.